The zero-order chi connectivity index (χ0) is 25.4. The number of carbonyl (C=O) groups excluding carboxylic acids is 3. The quantitative estimate of drug-likeness (QED) is 0.535. The first-order valence-electron chi connectivity index (χ1n) is 10.8. The Morgan fingerprint density at radius 1 is 0.943 bits per heavy atom. The summed E-state index contributed by atoms with van der Waals surface area (Å²) in [7, 11) is 5.55. The average molecular weight is 485 g/mol. The fourth-order valence-corrected chi connectivity index (χ4v) is 3.69. The normalized spacial score (nSPS) is 13.2. The number of nitrogens with zero attached hydrogens (tertiary/aromatic N) is 1. The van der Waals surface area contributed by atoms with Crippen LogP contribution in [-0.2, 0) is 30.2 Å². The Labute approximate surface area is 203 Å². The first kappa shape index (κ1) is 25.6. The van der Waals surface area contributed by atoms with Gasteiger partial charge in [0.15, 0.2) is 11.5 Å². The second kappa shape index (κ2) is 11.9. The van der Waals surface area contributed by atoms with Gasteiger partial charge in [-0.15, -0.1) is 0 Å². The van der Waals surface area contributed by atoms with Crippen molar-refractivity contribution >= 4 is 23.5 Å². The molecule has 0 fully saturated rings. The van der Waals surface area contributed by atoms with E-state index < -0.39 is 11.9 Å². The molecule has 0 atom stereocenters. The monoisotopic (exact) mass is 484 g/mol. The Morgan fingerprint density at radius 2 is 1.66 bits per heavy atom. The van der Waals surface area contributed by atoms with Crippen LogP contribution in [0.3, 0.4) is 0 Å². The van der Waals surface area contributed by atoms with Crippen molar-refractivity contribution in [3.63, 3.8) is 0 Å². The fraction of sp³-hybridized carbons (Fsp3) is 0.320. The molecule has 3 rings (SSSR count). The van der Waals surface area contributed by atoms with Crippen LogP contribution >= 0.6 is 0 Å². The van der Waals surface area contributed by atoms with Crippen LogP contribution in [0.1, 0.15) is 15.9 Å². The minimum absolute atomic E-state index is 0.00858. The highest BCUT2D eigenvalue weighted by Gasteiger charge is 2.33. The number of carbonyl (C=O) groups is 3. The van der Waals surface area contributed by atoms with Crippen LogP contribution in [0.4, 0.5) is 5.69 Å². The molecule has 1 amide bonds. The van der Waals surface area contributed by atoms with Gasteiger partial charge in [0.1, 0.15) is 12.4 Å². The molecule has 10 heteroatoms. The van der Waals surface area contributed by atoms with Gasteiger partial charge in [-0.25, -0.2) is 9.59 Å². The average Bonchev–Trinajstić information content (AvgIpc) is 2.91. The predicted molar refractivity (Wildman–Crippen MR) is 126 cm³/mol. The highest BCUT2D eigenvalue weighted by molar-refractivity contribution is 6.06. The molecule has 1 heterocycles. The number of methoxy groups -OCH3 is 4. The number of amides is 1. The van der Waals surface area contributed by atoms with Crippen LogP contribution in [0, 0.1) is 0 Å². The van der Waals surface area contributed by atoms with Crippen molar-refractivity contribution in [2.24, 2.45) is 0 Å². The highest BCUT2D eigenvalue weighted by atomic mass is 16.5. The van der Waals surface area contributed by atoms with Gasteiger partial charge >= 0.3 is 11.9 Å². The number of rotatable bonds is 9. The highest BCUT2D eigenvalue weighted by Crippen LogP contribution is 2.30. The Balaban J connectivity index is 1.82. The molecule has 2 aromatic rings. The van der Waals surface area contributed by atoms with Crippen LogP contribution in [0.5, 0.6) is 11.5 Å². The first-order valence-corrected chi connectivity index (χ1v) is 10.8. The molecule has 10 nitrogen and oxygen atoms in total. The third kappa shape index (κ3) is 5.72. The van der Waals surface area contributed by atoms with Gasteiger partial charge in [0.25, 0.3) is 5.91 Å². The number of hydrogen-bond donors (Lipinski definition) is 1. The number of hydrogen-bond acceptors (Lipinski definition) is 9. The van der Waals surface area contributed by atoms with E-state index >= 15 is 0 Å². The molecule has 0 radical (unpaired) electrons. The maximum Gasteiger partial charge on any atom is 0.355 e. The summed E-state index contributed by atoms with van der Waals surface area (Å²) in [5.41, 5.74) is 1.62. The number of para-hydroxylation sites is 1. The lowest BCUT2D eigenvalue weighted by molar-refractivity contribution is -0.140. The van der Waals surface area contributed by atoms with Crippen molar-refractivity contribution in [1.82, 2.24) is 5.32 Å². The zero-order valence-electron chi connectivity index (χ0n) is 20.1. The van der Waals surface area contributed by atoms with Crippen molar-refractivity contribution in [3.8, 4) is 11.5 Å². The second-order valence-electron chi connectivity index (χ2n) is 7.43. The molecule has 1 aliphatic heterocycles. The molecule has 1 aliphatic rings. The molecule has 2 aromatic carbocycles. The smallest absolute Gasteiger partial charge is 0.355 e. The van der Waals surface area contributed by atoms with E-state index in [9.17, 15) is 14.4 Å². The molecule has 35 heavy (non-hydrogen) atoms. The largest absolute Gasteiger partial charge is 0.493 e. The molecule has 0 unspecified atom stereocenters. The van der Waals surface area contributed by atoms with E-state index in [4.69, 9.17) is 23.7 Å². The van der Waals surface area contributed by atoms with Crippen LogP contribution < -0.4 is 19.7 Å². The molecule has 0 spiro atoms. The summed E-state index contributed by atoms with van der Waals surface area (Å²) in [6, 6.07) is 12.3. The van der Waals surface area contributed by atoms with Gasteiger partial charge in [-0.05, 0) is 36.2 Å². The number of ether oxygens (including phenoxy) is 5. The van der Waals surface area contributed by atoms with E-state index in [1.807, 2.05) is 12.1 Å². The minimum atomic E-state index is -0.739. The summed E-state index contributed by atoms with van der Waals surface area (Å²) < 4.78 is 25.8. The Kier molecular flexibility index (Phi) is 8.69. The van der Waals surface area contributed by atoms with Gasteiger partial charge in [-0.2, -0.15) is 0 Å². The molecule has 1 N–H and O–H groups in total. The number of benzene rings is 2. The van der Waals surface area contributed by atoms with Gasteiger partial charge in [0.2, 0.25) is 0 Å². The minimum Gasteiger partial charge on any atom is -0.493 e. The van der Waals surface area contributed by atoms with E-state index in [0.717, 1.165) is 5.56 Å². The summed E-state index contributed by atoms with van der Waals surface area (Å²) in [5, 5.41) is 2.89. The first-order chi connectivity index (χ1) is 16.9. The molecule has 186 valence electrons. The van der Waals surface area contributed by atoms with Crippen LogP contribution in [0.2, 0.25) is 0 Å². The van der Waals surface area contributed by atoms with E-state index in [-0.39, 0.29) is 30.5 Å². The van der Waals surface area contributed by atoms with Gasteiger partial charge in [-0.1, -0.05) is 18.2 Å². The lowest BCUT2D eigenvalue weighted by atomic mass is 10.1. The van der Waals surface area contributed by atoms with Crippen molar-refractivity contribution in [1.29, 1.82) is 0 Å². The molecular weight excluding hydrogens is 456 g/mol. The standard InChI is InChI=1S/C25H28N2O8/c1-31-20-10-9-16(13-21(20)32-2)11-12-26-23(28)17-7-5-6-8-19(17)27-15-35-14-18(24(29)33-3)22(27)25(30)34-4/h5-10,13H,11-12,14-15H2,1-4H3,(H,26,28). The van der Waals surface area contributed by atoms with Crippen molar-refractivity contribution < 1.29 is 38.1 Å². The van der Waals surface area contributed by atoms with E-state index in [0.29, 0.717) is 35.7 Å². The number of esters is 2. The topological polar surface area (TPSA) is 113 Å². The van der Waals surface area contributed by atoms with Crippen LogP contribution in [0.25, 0.3) is 0 Å². The van der Waals surface area contributed by atoms with E-state index in [1.54, 1.807) is 44.6 Å². The molecule has 0 bridgehead atoms. The number of nitrogens with one attached hydrogen (secondary N) is 1. The summed E-state index contributed by atoms with van der Waals surface area (Å²) in [4.78, 5) is 39.4. The SMILES string of the molecule is COC(=O)C1=C(C(=O)OC)N(c2ccccc2C(=O)NCCc2ccc(OC)c(OC)c2)COC1. The zero-order valence-corrected chi connectivity index (χ0v) is 20.1. The molecule has 0 aromatic heterocycles. The molecular formula is C25H28N2O8. The lowest BCUT2D eigenvalue weighted by Crippen LogP contribution is -2.40. The van der Waals surface area contributed by atoms with Gasteiger partial charge in [-0.3, -0.25) is 4.79 Å². The summed E-state index contributed by atoms with van der Waals surface area (Å²) in [5.74, 6) is -0.575. The lowest BCUT2D eigenvalue weighted by Gasteiger charge is -2.32. The Bertz CT molecular complexity index is 1130. The van der Waals surface area contributed by atoms with Gasteiger partial charge in [0.05, 0.1) is 51.9 Å². The summed E-state index contributed by atoms with van der Waals surface area (Å²) in [6.07, 6.45) is 0.556. The predicted octanol–water partition coefficient (Wildman–Crippen LogP) is 2.07. The summed E-state index contributed by atoms with van der Waals surface area (Å²) in [6.45, 7) is 0.181. The number of anilines is 1. The molecule has 0 saturated heterocycles. The maximum absolute atomic E-state index is 13.1. The van der Waals surface area contributed by atoms with Crippen molar-refractivity contribution in [2.45, 2.75) is 6.42 Å². The van der Waals surface area contributed by atoms with E-state index in [2.05, 4.69) is 5.32 Å². The fourth-order valence-electron chi connectivity index (χ4n) is 3.69. The third-order valence-corrected chi connectivity index (χ3v) is 5.42. The van der Waals surface area contributed by atoms with Crippen LogP contribution in [0.15, 0.2) is 53.7 Å². The van der Waals surface area contributed by atoms with Crippen molar-refractivity contribution in [2.75, 3.05) is 53.2 Å². The maximum atomic E-state index is 13.1. The second-order valence-corrected chi connectivity index (χ2v) is 7.43. The van der Waals surface area contributed by atoms with Gasteiger partial charge < -0.3 is 33.9 Å². The van der Waals surface area contributed by atoms with Gasteiger partial charge in [0, 0.05) is 6.54 Å². The van der Waals surface area contributed by atoms with E-state index in [1.165, 1.54) is 19.1 Å². The Hall–Kier alpha value is -4.05. The summed E-state index contributed by atoms with van der Waals surface area (Å²) >= 11 is 0. The molecule has 0 saturated carbocycles. The molecule has 0 aliphatic carbocycles. The Morgan fingerprint density at radius 3 is 2.34 bits per heavy atom. The third-order valence-electron chi connectivity index (χ3n) is 5.42. The van der Waals surface area contributed by atoms with Crippen molar-refractivity contribution in [3.05, 3.63) is 64.9 Å². The van der Waals surface area contributed by atoms with Crippen LogP contribution in [-0.4, -0.2) is 66.2 Å².